The van der Waals surface area contributed by atoms with Crippen molar-refractivity contribution in [3.05, 3.63) is 40.1 Å². The highest BCUT2D eigenvalue weighted by molar-refractivity contribution is 7.89. The van der Waals surface area contributed by atoms with Gasteiger partial charge in [-0.05, 0) is 88.5 Å². The molecule has 11 heteroatoms. The monoisotopic (exact) mass is 528 g/mol. The molecule has 0 bridgehead atoms. The summed E-state index contributed by atoms with van der Waals surface area (Å²) in [6.45, 7) is 12.1. The molecule has 1 aliphatic heterocycles. The van der Waals surface area contributed by atoms with Gasteiger partial charge in [0.25, 0.3) is 15.9 Å². The quantitative estimate of drug-likeness (QED) is 0.552. The van der Waals surface area contributed by atoms with Crippen LogP contribution >= 0.6 is 0 Å². The van der Waals surface area contributed by atoms with Gasteiger partial charge in [-0.2, -0.15) is 5.10 Å². The number of carbonyl (C=O) groups excluding carboxylic acids is 1. The molecule has 1 amide bonds. The summed E-state index contributed by atoms with van der Waals surface area (Å²) in [5.74, 6) is -0.516. The number of rotatable bonds is 6. The van der Waals surface area contributed by atoms with E-state index in [4.69, 9.17) is 14.4 Å². The molecule has 3 aliphatic rings. The van der Waals surface area contributed by atoms with Crippen LogP contribution < -0.4 is 10.5 Å². The number of sulfonamides is 1. The number of benzene rings is 1. The highest BCUT2D eigenvalue weighted by atomic mass is 32.2. The maximum absolute atomic E-state index is 13.6. The van der Waals surface area contributed by atoms with E-state index in [-0.39, 0.29) is 12.1 Å². The van der Waals surface area contributed by atoms with Crippen LogP contribution in [0.15, 0.2) is 17.3 Å². The fourth-order valence-corrected chi connectivity index (χ4v) is 6.32. The van der Waals surface area contributed by atoms with Crippen molar-refractivity contribution >= 4 is 28.7 Å². The first kappa shape index (κ1) is 26.4. The summed E-state index contributed by atoms with van der Waals surface area (Å²) in [4.78, 5) is 13.6. The molecule has 0 unspecified atom stereocenters. The molecule has 0 spiro atoms. The van der Waals surface area contributed by atoms with Gasteiger partial charge < -0.3 is 14.6 Å². The molecule has 1 aromatic carbocycles. The number of fused-ring (bicyclic) bond motifs is 2. The fraction of sp³-hybridized carbons (Fsp3) is 0.615. The highest BCUT2D eigenvalue weighted by Gasteiger charge is 2.56. The van der Waals surface area contributed by atoms with E-state index in [0.717, 1.165) is 44.2 Å². The van der Waals surface area contributed by atoms with Gasteiger partial charge in [0.2, 0.25) is 5.03 Å². The van der Waals surface area contributed by atoms with Crippen LogP contribution in [0.4, 0.5) is 5.69 Å². The van der Waals surface area contributed by atoms with Crippen LogP contribution in [0.3, 0.4) is 0 Å². The molecule has 5 rings (SSSR count). The number of aryl methyl sites for hydroxylation is 2. The SMILES string of the molecule is CC(C)(Cn1cc(C(=O)Nc2c3c(cc4c2CCC4)CCC3)c(S(N)(=O)=O)n1)B1OC(C)(C)C(C)(C)O1. The Bertz CT molecular complexity index is 1330. The lowest BCUT2D eigenvalue weighted by Crippen LogP contribution is -2.41. The molecule has 0 saturated carbocycles. The van der Waals surface area contributed by atoms with E-state index in [1.165, 1.54) is 33.1 Å². The zero-order valence-corrected chi connectivity index (χ0v) is 23.4. The van der Waals surface area contributed by atoms with Crippen LogP contribution in [-0.2, 0) is 51.6 Å². The molecule has 1 fully saturated rings. The van der Waals surface area contributed by atoms with Gasteiger partial charge in [0.15, 0.2) is 0 Å². The minimum Gasteiger partial charge on any atom is -0.403 e. The molecule has 0 atom stereocenters. The van der Waals surface area contributed by atoms with Crippen molar-refractivity contribution in [2.24, 2.45) is 5.14 Å². The molecule has 200 valence electrons. The normalized spacial score (nSPS) is 20.2. The van der Waals surface area contributed by atoms with Crippen LogP contribution in [0.2, 0.25) is 5.31 Å². The van der Waals surface area contributed by atoms with Gasteiger partial charge in [-0.1, -0.05) is 19.9 Å². The molecule has 2 aromatic rings. The number of aromatic nitrogens is 2. The number of hydrogen-bond acceptors (Lipinski definition) is 6. The molecule has 37 heavy (non-hydrogen) atoms. The minimum absolute atomic E-state index is 0.0606. The Morgan fingerprint density at radius 3 is 2.14 bits per heavy atom. The Morgan fingerprint density at radius 1 is 1.08 bits per heavy atom. The van der Waals surface area contributed by atoms with Crippen molar-refractivity contribution in [3.63, 3.8) is 0 Å². The summed E-state index contributed by atoms with van der Waals surface area (Å²) in [6.07, 6.45) is 7.37. The number of hydrogen-bond donors (Lipinski definition) is 2. The van der Waals surface area contributed by atoms with Crippen molar-refractivity contribution < 1.29 is 22.5 Å². The maximum Gasteiger partial charge on any atom is 0.465 e. The van der Waals surface area contributed by atoms with Crippen LogP contribution in [0.5, 0.6) is 0 Å². The summed E-state index contributed by atoms with van der Waals surface area (Å²) < 4.78 is 38.8. The van der Waals surface area contributed by atoms with E-state index < -0.39 is 44.6 Å². The number of carbonyl (C=O) groups is 1. The predicted octanol–water partition coefficient (Wildman–Crippen LogP) is 3.63. The molecule has 0 radical (unpaired) electrons. The first-order chi connectivity index (χ1) is 17.1. The third kappa shape index (κ3) is 4.64. The van der Waals surface area contributed by atoms with Gasteiger partial charge in [-0.15, -0.1) is 0 Å². The molecular weight excluding hydrogens is 491 g/mol. The molecule has 3 N–H and O–H groups in total. The van der Waals surface area contributed by atoms with Gasteiger partial charge in [-0.3, -0.25) is 9.48 Å². The van der Waals surface area contributed by atoms with Gasteiger partial charge in [0.05, 0.1) is 16.8 Å². The number of nitrogens with two attached hydrogens (primary N) is 1. The summed E-state index contributed by atoms with van der Waals surface area (Å²) >= 11 is 0. The maximum atomic E-state index is 13.6. The number of anilines is 1. The van der Waals surface area contributed by atoms with E-state index >= 15 is 0 Å². The smallest absolute Gasteiger partial charge is 0.403 e. The topological polar surface area (TPSA) is 126 Å². The second-order valence-corrected chi connectivity index (χ2v) is 13.8. The zero-order valence-electron chi connectivity index (χ0n) is 22.6. The third-order valence-electron chi connectivity index (χ3n) is 8.41. The number of nitrogens with one attached hydrogen (secondary N) is 1. The molecule has 1 aromatic heterocycles. The Labute approximate surface area is 219 Å². The lowest BCUT2D eigenvalue weighted by Gasteiger charge is -2.32. The summed E-state index contributed by atoms with van der Waals surface area (Å²) in [6, 6.07) is 2.28. The summed E-state index contributed by atoms with van der Waals surface area (Å²) in [5, 5.41) is 11.8. The molecular formula is C26H37BN4O5S. The Kier molecular flexibility index (Phi) is 6.18. The first-order valence-corrected chi connectivity index (χ1v) is 14.6. The number of nitrogens with zero attached hydrogens (tertiary/aromatic N) is 2. The molecule has 2 aliphatic carbocycles. The van der Waals surface area contributed by atoms with E-state index in [9.17, 15) is 13.2 Å². The second-order valence-electron chi connectivity index (χ2n) is 12.4. The number of primary sulfonamides is 1. The van der Waals surface area contributed by atoms with E-state index in [1.54, 1.807) is 0 Å². The Morgan fingerprint density at radius 2 is 1.62 bits per heavy atom. The van der Waals surface area contributed by atoms with Gasteiger partial charge >= 0.3 is 7.12 Å². The lowest BCUT2D eigenvalue weighted by atomic mass is 9.59. The van der Waals surface area contributed by atoms with Crippen LogP contribution in [0.25, 0.3) is 0 Å². The van der Waals surface area contributed by atoms with Crippen molar-refractivity contribution in [2.45, 2.75) is 108 Å². The van der Waals surface area contributed by atoms with Crippen LogP contribution in [0.1, 0.15) is 87.0 Å². The van der Waals surface area contributed by atoms with Gasteiger partial charge in [0.1, 0.15) is 0 Å². The van der Waals surface area contributed by atoms with E-state index in [1.807, 2.05) is 41.5 Å². The predicted molar refractivity (Wildman–Crippen MR) is 142 cm³/mol. The van der Waals surface area contributed by atoms with Crippen LogP contribution in [0, 0.1) is 0 Å². The third-order valence-corrected chi connectivity index (χ3v) is 9.25. The van der Waals surface area contributed by atoms with Gasteiger partial charge in [-0.25, -0.2) is 13.6 Å². The Hall–Kier alpha value is -2.21. The highest BCUT2D eigenvalue weighted by Crippen LogP contribution is 2.45. The van der Waals surface area contributed by atoms with Crippen molar-refractivity contribution in [3.8, 4) is 0 Å². The molecule has 1 saturated heterocycles. The van der Waals surface area contributed by atoms with E-state index in [0.29, 0.717) is 0 Å². The van der Waals surface area contributed by atoms with Gasteiger partial charge in [0, 0.05) is 23.7 Å². The van der Waals surface area contributed by atoms with Crippen molar-refractivity contribution in [1.29, 1.82) is 0 Å². The fourth-order valence-electron chi connectivity index (χ4n) is 5.65. The standard InChI is InChI=1S/C26H37BN4O5S/c1-24(2,27-35-25(3,4)26(5,6)36-27)15-31-14-20(23(30-31)37(28,33)34)22(32)29-21-18-11-7-9-16(18)13-17-10-8-12-19(17)21/h13-14H,7-12,15H2,1-6H3,(H,29,32)(H2,28,33,34). The van der Waals surface area contributed by atoms with Crippen molar-refractivity contribution in [2.75, 3.05) is 5.32 Å². The molecule has 2 heterocycles. The molecule has 9 nitrogen and oxygen atoms in total. The zero-order chi connectivity index (χ0) is 27.0. The Balaban J connectivity index is 1.45. The second kappa shape index (κ2) is 8.66. The average Bonchev–Trinajstić information content (AvgIpc) is 3.53. The van der Waals surface area contributed by atoms with Crippen LogP contribution in [-0.4, -0.2) is 42.4 Å². The first-order valence-electron chi connectivity index (χ1n) is 13.0. The average molecular weight is 528 g/mol. The lowest BCUT2D eigenvalue weighted by molar-refractivity contribution is 0.00578. The largest absolute Gasteiger partial charge is 0.465 e. The van der Waals surface area contributed by atoms with E-state index in [2.05, 4.69) is 16.5 Å². The summed E-state index contributed by atoms with van der Waals surface area (Å²) in [5.41, 5.74) is 4.66. The number of amides is 1. The minimum atomic E-state index is -4.24. The summed E-state index contributed by atoms with van der Waals surface area (Å²) in [7, 11) is -4.79. The van der Waals surface area contributed by atoms with Crippen molar-refractivity contribution in [1.82, 2.24) is 9.78 Å².